The van der Waals surface area contributed by atoms with Gasteiger partial charge in [0.15, 0.2) is 0 Å². The highest BCUT2D eigenvalue weighted by molar-refractivity contribution is 5.17. The Morgan fingerprint density at radius 3 is 1.94 bits per heavy atom. The van der Waals surface area contributed by atoms with Crippen LogP contribution in [0.5, 0.6) is 0 Å². The summed E-state index contributed by atoms with van der Waals surface area (Å²) >= 11 is 0. The number of allylic oxidation sites excluding steroid dienone is 4. The van der Waals surface area contributed by atoms with Gasteiger partial charge in [-0.3, -0.25) is 0 Å². The summed E-state index contributed by atoms with van der Waals surface area (Å²) in [6.45, 7) is 6.73. The van der Waals surface area contributed by atoms with E-state index in [2.05, 4.69) is 39.0 Å². The van der Waals surface area contributed by atoms with Gasteiger partial charge in [0.25, 0.3) is 0 Å². The topological polar surface area (TPSA) is 0 Å². The Morgan fingerprint density at radius 2 is 1.39 bits per heavy atom. The van der Waals surface area contributed by atoms with Gasteiger partial charge in [-0.05, 0) is 25.7 Å². The van der Waals surface area contributed by atoms with Gasteiger partial charge in [0.1, 0.15) is 0 Å². The third kappa shape index (κ3) is 12.0. The predicted molar refractivity (Wildman–Crippen MR) is 85.0 cm³/mol. The molecule has 0 heteroatoms. The van der Waals surface area contributed by atoms with Gasteiger partial charge in [-0.25, -0.2) is 0 Å². The molecule has 0 radical (unpaired) electrons. The van der Waals surface area contributed by atoms with Gasteiger partial charge < -0.3 is 0 Å². The first-order valence-corrected chi connectivity index (χ1v) is 8.20. The minimum Gasteiger partial charge on any atom is -0.0843 e. The van der Waals surface area contributed by atoms with E-state index in [0.717, 1.165) is 6.42 Å². The van der Waals surface area contributed by atoms with Crippen LogP contribution >= 0.6 is 0 Å². The van der Waals surface area contributed by atoms with Gasteiger partial charge in [0.2, 0.25) is 0 Å². The summed E-state index contributed by atoms with van der Waals surface area (Å²) in [5, 5.41) is 0. The van der Waals surface area contributed by atoms with E-state index in [1.165, 1.54) is 69.8 Å². The lowest BCUT2D eigenvalue weighted by molar-refractivity contribution is 0.577. The van der Waals surface area contributed by atoms with E-state index in [1.807, 2.05) is 0 Å². The van der Waals surface area contributed by atoms with Crippen LogP contribution in [0.15, 0.2) is 23.8 Å². The summed E-state index contributed by atoms with van der Waals surface area (Å²) in [7, 11) is 0. The number of hydrogen-bond acceptors (Lipinski definition) is 0. The summed E-state index contributed by atoms with van der Waals surface area (Å²) in [5.41, 5.74) is 1.50. The van der Waals surface area contributed by atoms with E-state index in [-0.39, 0.29) is 0 Å². The zero-order chi connectivity index (χ0) is 13.5. The molecule has 0 saturated carbocycles. The molecule has 0 aliphatic carbocycles. The van der Waals surface area contributed by atoms with Crippen LogP contribution in [-0.2, 0) is 0 Å². The van der Waals surface area contributed by atoms with E-state index in [0.29, 0.717) is 0 Å². The molecule has 18 heavy (non-hydrogen) atoms. The average Bonchev–Trinajstić information content (AvgIpc) is 2.39. The van der Waals surface area contributed by atoms with Crippen LogP contribution in [0.3, 0.4) is 0 Å². The van der Waals surface area contributed by atoms with Crippen LogP contribution < -0.4 is 0 Å². The van der Waals surface area contributed by atoms with E-state index in [4.69, 9.17) is 0 Å². The molecule has 0 nitrogen and oxygen atoms in total. The molecule has 0 amide bonds. The SMILES string of the molecule is CCC=C(/C=C/CCCCCCCCCC)CC. The molecule has 0 fully saturated rings. The summed E-state index contributed by atoms with van der Waals surface area (Å²) in [6, 6.07) is 0. The third-order valence-corrected chi connectivity index (χ3v) is 3.43. The molecule has 0 heterocycles. The molecular weight excluding hydrogens is 216 g/mol. The van der Waals surface area contributed by atoms with Crippen molar-refractivity contribution in [3.63, 3.8) is 0 Å². The normalized spacial score (nSPS) is 12.5. The molecule has 0 rings (SSSR count). The quantitative estimate of drug-likeness (QED) is 0.263. The van der Waals surface area contributed by atoms with E-state index < -0.39 is 0 Å². The second-order valence-electron chi connectivity index (χ2n) is 5.21. The van der Waals surface area contributed by atoms with Crippen molar-refractivity contribution in [1.29, 1.82) is 0 Å². The Morgan fingerprint density at radius 1 is 0.778 bits per heavy atom. The fourth-order valence-electron chi connectivity index (χ4n) is 2.22. The molecular formula is C18H34. The van der Waals surface area contributed by atoms with Crippen molar-refractivity contribution in [2.24, 2.45) is 0 Å². The molecule has 106 valence electrons. The van der Waals surface area contributed by atoms with Crippen molar-refractivity contribution in [3.05, 3.63) is 23.8 Å². The monoisotopic (exact) mass is 250 g/mol. The van der Waals surface area contributed by atoms with Crippen molar-refractivity contribution in [1.82, 2.24) is 0 Å². The van der Waals surface area contributed by atoms with Crippen LogP contribution in [0.4, 0.5) is 0 Å². The maximum Gasteiger partial charge on any atom is -0.0311 e. The standard InChI is InChI=1S/C18H34/c1-4-7-8-9-10-11-12-13-14-15-17-18(6-3)16-5-2/h15-17H,4-14H2,1-3H3/b17-15+,18-16?. The lowest BCUT2D eigenvalue weighted by atomic mass is 10.1. The number of rotatable bonds is 12. The largest absolute Gasteiger partial charge is 0.0843 e. The number of hydrogen-bond donors (Lipinski definition) is 0. The summed E-state index contributed by atoms with van der Waals surface area (Å²) in [5.74, 6) is 0. The van der Waals surface area contributed by atoms with Gasteiger partial charge in [-0.1, -0.05) is 89.5 Å². The molecule has 0 aliphatic heterocycles. The Kier molecular flexibility index (Phi) is 14.1. The zero-order valence-electron chi connectivity index (χ0n) is 13.0. The molecule has 0 atom stereocenters. The van der Waals surface area contributed by atoms with Crippen LogP contribution in [-0.4, -0.2) is 0 Å². The fourth-order valence-corrected chi connectivity index (χ4v) is 2.22. The summed E-state index contributed by atoms with van der Waals surface area (Å²) in [4.78, 5) is 0. The Balaban J connectivity index is 3.34. The molecule has 0 spiro atoms. The van der Waals surface area contributed by atoms with Crippen LogP contribution in [0.25, 0.3) is 0 Å². The maximum atomic E-state index is 2.36. The highest BCUT2D eigenvalue weighted by Crippen LogP contribution is 2.11. The second-order valence-corrected chi connectivity index (χ2v) is 5.21. The van der Waals surface area contributed by atoms with Crippen molar-refractivity contribution in [2.75, 3.05) is 0 Å². The first-order valence-electron chi connectivity index (χ1n) is 8.20. The smallest absolute Gasteiger partial charge is 0.0311 e. The van der Waals surface area contributed by atoms with E-state index in [1.54, 1.807) is 0 Å². The van der Waals surface area contributed by atoms with Crippen LogP contribution in [0, 0.1) is 0 Å². The molecule has 0 saturated heterocycles. The van der Waals surface area contributed by atoms with Gasteiger partial charge in [0.05, 0.1) is 0 Å². The third-order valence-electron chi connectivity index (χ3n) is 3.43. The van der Waals surface area contributed by atoms with Crippen LogP contribution in [0.2, 0.25) is 0 Å². The van der Waals surface area contributed by atoms with Crippen molar-refractivity contribution in [2.45, 2.75) is 91.4 Å². The maximum absolute atomic E-state index is 2.36. The van der Waals surface area contributed by atoms with Gasteiger partial charge in [0, 0.05) is 0 Å². The first-order chi connectivity index (χ1) is 8.85. The zero-order valence-corrected chi connectivity index (χ0v) is 13.0. The fraction of sp³-hybridized carbons (Fsp3) is 0.778. The molecule has 0 aliphatic rings. The second kappa shape index (κ2) is 14.5. The molecule has 0 aromatic carbocycles. The number of unbranched alkanes of at least 4 members (excludes halogenated alkanes) is 8. The Hall–Kier alpha value is -0.520. The van der Waals surface area contributed by atoms with Crippen molar-refractivity contribution in [3.8, 4) is 0 Å². The lowest BCUT2D eigenvalue weighted by Crippen LogP contribution is -1.80. The molecule has 0 unspecified atom stereocenters. The van der Waals surface area contributed by atoms with Crippen molar-refractivity contribution < 1.29 is 0 Å². The highest BCUT2D eigenvalue weighted by Gasteiger charge is 1.91. The van der Waals surface area contributed by atoms with Gasteiger partial charge in [-0.15, -0.1) is 0 Å². The summed E-state index contributed by atoms with van der Waals surface area (Å²) in [6.07, 6.45) is 21.9. The molecule has 0 bridgehead atoms. The Bertz CT molecular complexity index is 210. The lowest BCUT2D eigenvalue weighted by Gasteiger charge is -2.00. The predicted octanol–water partition coefficient (Wildman–Crippen LogP) is 6.82. The molecule has 0 N–H and O–H groups in total. The van der Waals surface area contributed by atoms with E-state index in [9.17, 15) is 0 Å². The minimum atomic E-state index is 1.16. The summed E-state index contributed by atoms with van der Waals surface area (Å²) < 4.78 is 0. The van der Waals surface area contributed by atoms with Crippen molar-refractivity contribution >= 4 is 0 Å². The van der Waals surface area contributed by atoms with Crippen LogP contribution in [0.1, 0.15) is 91.4 Å². The Labute approximate surface area is 116 Å². The minimum absolute atomic E-state index is 1.16. The van der Waals surface area contributed by atoms with E-state index >= 15 is 0 Å². The van der Waals surface area contributed by atoms with Gasteiger partial charge >= 0.3 is 0 Å². The first kappa shape index (κ1) is 17.5. The average molecular weight is 250 g/mol. The molecule has 0 aromatic rings. The highest BCUT2D eigenvalue weighted by atomic mass is 14.0. The van der Waals surface area contributed by atoms with Gasteiger partial charge in [-0.2, -0.15) is 0 Å². The molecule has 0 aromatic heterocycles.